The van der Waals surface area contributed by atoms with Gasteiger partial charge < -0.3 is 20.0 Å². The lowest BCUT2D eigenvalue weighted by Crippen LogP contribution is -2.48. The molecule has 0 unspecified atom stereocenters. The summed E-state index contributed by atoms with van der Waals surface area (Å²) in [5.74, 6) is -1.36. The number of amides is 1. The third kappa shape index (κ3) is 4.05. The van der Waals surface area contributed by atoms with Gasteiger partial charge in [-0.3, -0.25) is 4.79 Å². The Bertz CT molecular complexity index is 398. The molecule has 6 heteroatoms. The van der Waals surface area contributed by atoms with Gasteiger partial charge in [-0.05, 0) is 46.8 Å². The summed E-state index contributed by atoms with van der Waals surface area (Å²) in [6.45, 7) is 4.91. The minimum absolute atomic E-state index is 0.0610. The number of likely N-dealkylation sites (tertiary alicyclic amines) is 1. The Kier molecular flexibility index (Phi) is 6.16. The minimum atomic E-state index is -1.08. The molecule has 1 heterocycles. The van der Waals surface area contributed by atoms with Crippen molar-refractivity contribution in [1.82, 2.24) is 9.80 Å². The molecule has 1 fully saturated rings. The maximum absolute atomic E-state index is 12.4. The second-order valence-corrected chi connectivity index (χ2v) is 5.31. The fourth-order valence-corrected chi connectivity index (χ4v) is 2.40. The zero-order valence-corrected chi connectivity index (χ0v) is 12.4. The van der Waals surface area contributed by atoms with Crippen LogP contribution >= 0.6 is 0 Å². The van der Waals surface area contributed by atoms with Gasteiger partial charge in [0.25, 0.3) is 0 Å². The quantitative estimate of drug-likeness (QED) is 0.711. The molecule has 0 aromatic carbocycles. The van der Waals surface area contributed by atoms with E-state index in [4.69, 9.17) is 10.2 Å². The van der Waals surface area contributed by atoms with Gasteiger partial charge in [-0.1, -0.05) is 0 Å². The Morgan fingerprint density at radius 2 is 1.75 bits per heavy atom. The van der Waals surface area contributed by atoms with Gasteiger partial charge >= 0.3 is 5.97 Å². The first-order valence-electron chi connectivity index (χ1n) is 6.89. The normalized spacial score (nSPS) is 18.6. The highest BCUT2D eigenvalue weighted by Crippen LogP contribution is 2.18. The van der Waals surface area contributed by atoms with E-state index in [2.05, 4.69) is 4.90 Å². The standard InChI is InChI=1S/C14H24N2O4/c1-10(11(2)14(19)20)13(18)16(8-9-17)12-4-6-15(3)7-5-12/h12,17H,4-9H2,1-3H3,(H,19,20). The van der Waals surface area contributed by atoms with Crippen LogP contribution < -0.4 is 0 Å². The summed E-state index contributed by atoms with van der Waals surface area (Å²) in [4.78, 5) is 27.2. The SMILES string of the molecule is CC(C(=O)O)=C(C)C(=O)N(CCO)C1CCN(C)CC1. The van der Waals surface area contributed by atoms with Crippen LogP contribution in [-0.2, 0) is 9.59 Å². The highest BCUT2D eigenvalue weighted by atomic mass is 16.4. The zero-order valence-electron chi connectivity index (χ0n) is 12.4. The van der Waals surface area contributed by atoms with Crippen LogP contribution in [0.2, 0.25) is 0 Å². The van der Waals surface area contributed by atoms with Crippen LogP contribution in [0.25, 0.3) is 0 Å². The molecule has 6 nitrogen and oxygen atoms in total. The zero-order chi connectivity index (χ0) is 15.3. The number of aliphatic hydroxyl groups excluding tert-OH is 1. The van der Waals surface area contributed by atoms with E-state index in [0.717, 1.165) is 25.9 Å². The molecule has 0 spiro atoms. The molecule has 0 bridgehead atoms. The molecule has 2 N–H and O–H groups in total. The van der Waals surface area contributed by atoms with E-state index in [1.807, 2.05) is 7.05 Å². The van der Waals surface area contributed by atoms with Crippen LogP contribution in [0.3, 0.4) is 0 Å². The lowest BCUT2D eigenvalue weighted by atomic mass is 10.0. The van der Waals surface area contributed by atoms with Crippen LogP contribution in [0.1, 0.15) is 26.7 Å². The highest BCUT2D eigenvalue weighted by molar-refractivity contribution is 6.01. The number of carbonyl (C=O) groups is 2. The molecule has 1 amide bonds. The van der Waals surface area contributed by atoms with Crippen LogP contribution in [0.5, 0.6) is 0 Å². The Labute approximate surface area is 119 Å². The molecule has 0 saturated carbocycles. The van der Waals surface area contributed by atoms with Gasteiger partial charge in [0.2, 0.25) is 5.91 Å². The van der Waals surface area contributed by atoms with E-state index in [0.29, 0.717) is 0 Å². The van der Waals surface area contributed by atoms with Crippen LogP contribution in [0.4, 0.5) is 0 Å². The number of carboxylic acid groups (broad SMARTS) is 1. The molecule has 0 aliphatic carbocycles. The van der Waals surface area contributed by atoms with Crippen LogP contribution in [-0.4, -0.2) is 71.2 Å². The Morgan fingerprint density at radius 3 is 2.20 bits per heavy atom. The third-order valence-electron chi connectivity index (χ3n) is 3.93. The van der Waals surface area contributed by atoms with Gasteiger partial charge in [0.05, 0.1) is 6.61 Å². The average molecular weight is 284 g/mol. The Morgan fingerprint density at radius 1 is 1.20 bits per heavy atom. The summed E-state index contributed by atoms with van der Waals surface area (Å²) >= 11 is 0. The molecule has 0 aromatic heterocycles. The summed E-state index contributed by atoms with van der Waals surface area (Å²) in [6, 6.07) is 0.0717. The maximum atomic E-state index is 12.4. The van der Waals surface area contributed by atoms with Gasteiger partial charge in [-0.25, -0.2) is 4.79 Å². The molecule has 0 aromatic rings. The fourth-order valence-electron chi connectivity index (χ4n) is 2.40. The summed E-state index contributed by atoms with van der Waals surface area (Å²) < 4.78 is 0. The number of aliphatic carboxylic acids is 1. The number of aliphatic hydroxyl groups is 1. The molecule has 1 aliphatic heterocycles. The smallest absolute Gasteiger partial charge is 0.331 e. The second-order valence-electron chi connectivity index (χ2n) is 5.31. The molecular weight excluding hydrogens is 260 g/mol. The minimum Gasteiger partial charge on any atom is -0.478 e. The molecular formula is C14H24N2O4. The fraction of sp³-hybridized carbons (Fsp3) is 0.714. The average Bonchev–Trinajstić information content (AvgIpc) is 2.43. The predicted molar refractivity (Wildman–Crippen MR) is 75.3 cm³/mol. The van der Waals surface area contributed by atoms with E-state index >= 15 is 0 Å². The number of rotatable bonds is 5. The summed E-state index contributed by atoms with van der Waals surface area (Å²) in [7, 11) is 2.04. The van der Waals surface area contributed by atoms with E-state index in [1.54, 1.807) is 4.90 Å². The summed E-state index contributed by atoms with van der Waals surface area (Å²) in [6.07, 6.45) is 1.70. The largest absolute Gasteiger partial charge is 0.478 e. The molecule has 1 rings (SSSR count). The van der Waals surface area contributed by atoms with Crippen molar-refractivity contribution in [3.8, 4) is 0 Å². The maximum Gasteiger partial charge on any atom is 0.331 e. The number of carboxylic acids is 1. The number of carbonyl (C=O) groups excluding carboxylic acids is 1. The van der Waals surface area contributed by atoms with E-state index < -0.39 is 5.97 Å². The van der Waals surface area contributed by atoms with E-state index in [-0.39, 0.29) is 36.2 Å². The van der Waals surface area contributed by atoms with E-state index in [1.165, 1.54) is 13.8 Å². The summed E-state index contributed by atoms with van der Waals surface area (Å²) in [5, 5.41) is 18.1. The van der Waals surface area contributed by atoms with Crippen molar-refractivity contribution in [2.45, 2.75) is 32.7 Å². The predicted octanol–water partition coefficient (Wildman–Crippen LogP) is 0.323. The van der Waals surface area contributed by atoms with Gasteiger partial charge in [0.15, 0.2) is 0 Å². The number of nitrogens with zero attached hydrogens (tertiary/aromatic N) is 2. The molecule has 0 radical (unpaired) electrons. The van der Waals surface area contributed by atoms with E-state index in [9.17, 15) is 9.59 Å². The topological polar surface area (TPSA) is 81.1 Å². The van der Waals surface area contributed by atoms with Crippen molar-refractivity contribution >= 4 is 11.9 Å². The molecule has 1 saturated heterocycles. The monoisotopic (exact) mass is 284 g/mol. The van der Waals surface area contributed by atoms with Crippen LogP contribution in [0.15, 0.2) is 11.1 Å². The first-order valence-corrected chi connectivity index (χ1v) is 6.89. The lowest BCUT2D eigenvalue weighted by molar-refractivity contribution is -0.134. The van der Waals surface area contributed by atoms with Crippen molar-refractivity contribution < 1.29 is 19.8 Å². The van der Waals surface area contributed by atoms with Gasteiger partial charge in [-0.2, -0.15) is 0 Å². The third-order valence-corrected chi connectivity index (χ3v) is 3.93. The highest BCUT2D eigenvalue weighted by Gasteiger charge is 2.28. The van der Waals surface area contributed by atoms with Gasteiger partial charge in [0.1, 0.15) is 0 Å². The van der Waals surface area contributed by atoms with Crippen LogP contribution in [0, 0.1) is 0 Å². The van der Waals surface area contributed by atoms with Crippen molar-refractivity contribution in [1.29, 1.82) is 0 Å². The molecule has 1 aliphatic rings. The van der Waals surface area contributed by atoms with Crippen molar-refractivity contribution in [2.24, 2.45) is 0 Å². The van der Waals surface area contributed by atoms with Gasteiger partial charge in [0, 0.05) is 23.7 Å². The number of hydrogen-bond donors (Lipinski definition) is 2. The van der Waals surface area contributed by atoms with Crippen molar-refractivity contribution in [2.75, 3.05) is 33.3 Å². The van der Waals surface area contributed by atoms with Gasteiger partial charge in [-0.15, -0.1) is 0 Å². The molecule has 20 heavy (non-hydrogen) atoms. The second kappa shape index (κ2) is 7.40. The van der Waals surface area contributed by atoms with Crippen molar-refractivity contribution in [3.63, 3.8) is 0 Å². The first-order chi connectivity index (χ1) is 9.38. The Balaban J connectivity index is 2.88. The lowest BCUT2D eigenvalue weighted by Gasteiger charge is -2.37. The summed E-state index contributed by atoms with van der Waals surface area (Å²) in [5.41, 5.74) is 0.302. The Hall–Kier alpha value is -1.40. The van der Waals surface area contributed by atoms with Crippen molar-refractivity contribution in [3.05, 3.63) is 11.1 Å². The number of piperidine rings is 1. The molecule has 0 atom stereocenters. The number of hydrogen-bond acceptors (Lipinski definition) is 4. The molecule has 114 valence electrons. The first kappa shape index (κ1) is 16.7.